The zero-order valence-electron chi connectivity index (χ0n) is 17.2. The first-order valence-electron chi connectivity index (χ1n) is 10.5. The second-order valence-corrected chi connectivity index (χ2v) is 8.26. The minimum atomic E-state index is -0.762. The van der Waals surface area contributed by atoms with Crippen molar-refractivity contribution in [1.29, 1.82) is 0 Å². The highest BCUT2D eigenvalue weighted by Gasteiger charge is 2.38. The minimum Gasteiger partial charge on any atom is -0.384 e. The molecule has 6 heteroatoms. The number of aliphatic hydroxyl groups excluding tert-OH is 1. The largest absolute Gasteiger partial charge is 0.384 e. The van der Waals surface area contributed by atoms with Gasteiger partial charge < -0.3 is 15.4 Å². The number of aromatic amines is 1. The average molecular weight is 409 g/mol. The molecular weight excluding hydrogens is 386 g/mol. The molecule has 0 radical (unpaired) electrons. The van der Waals surface area contributed by atoms with Crippen LogP contribution in [0.4, 0.5) is 0 Å². The number of fused-ring (bicyclic) bond motifs is 2. The summed E-state index contributed by atoms with van der Waals surface area (Å²) in [6, 6.07) is 22.4. The van der Waals surface area contributed by atoms with Gasteiger partial charge in [0.1, 0.15) is 18.0 Å². The Labute approximate surface area is 180 Å². The zero-order chi connectivity index (χ0) is 20.9. The molecule has 0 aliphatic carbocycles. The van der Waals surface area contributed by atoms with Gasteiger partial charge in [-0.25, -0.2) is 4.98 Å². The van der Waals surface area contributed by atoms with Gasteiger partial charge in [-0.1, -0.05) is 54.6 Å². The van der Waals surface area contributed by atoms with Crippen molar-refractivity contribution in [1.82, 2.24) is 20.3 Å². The first-order valence-corrected chi connectivity index (χ1v) is 10.5. The summed E-state index contributed by atoms with van der Waals surface area (Å²) in [5.74, 6) is 0.737. The lowest BCUT2D eigenvalue weighted by Gasteiger charge is -2.19. The van der Waals surface area contributed by atoms with E-state index in [9.17, 15) is 5.11 Å². The molecule has 2 atom stereocenters. The highest BCUT2D eigenvalue weighted by Crippen LogP contribution is 2.33. The Bertz CT molecular complexity index is 1250. The molecular formula is C25H23N5O. The van der Waals surface area contributed by atoms with Crippen LogP contribution in [0.25, 0.3) is 22.2 Å². The summed E-state index contributed by atoms with van der Waals surface area (Å²) in [7, 11) is 1.89. The van der Waals surface area contributed by atoms with Crippen LogP contribution in [-0.2, 0) is 13.1 Å². The van der Waals surface area contributed by atoms with E-state index in [1.807, 2.05) is 37.4 Å². The maximum absolute atomic E-state index is 11.2. The number of hydrogen-bond acceptors (Lipinski definition) is 5. The van der Waals surface area contributed by atoms with Crippen molar-refractivity contribution in [3.8, 4) is 11.1 Å². The number of rotatable bonds is 3. The van der Waals surface area contributed by atoms with Crippen LogP contribution < -0.4 is 5.32 Å². The molecule has 2 unspecified atom stereocenters. The molecule has 1 aromatic heterocycles. The Morgan fingerprint density at radius 3 is 2.35 bits per heavy atom. The number of H-pyrrole nitrogens is 1. The molecule has 0 fully saturated rings. The molecule has 3 aromatic carbocycles. The number of aliphatic hydroxyl groups is 1. The molecule has 6 nitrogen and oxygen atoms in total. The van der Waals surface area contributed by atoms with Gasteiger partial charge in [0.05, 0.1) is 16.7 Å². The van der Waals surface area contributed by atoms with Crippen LogP contribution in [-0.4, -0.2) is 38.9 Å². The molecule has 6 rings (SSSR count). The van der Waals surface area contributed by atoms with Crippen molar-refractivity contribution in [3.05, 3.63) is 89.2 Å². The van der Waals surface area contributed by atoms with Gasteiger partial charge in [-0.15, -0.1) is 0 Å². The summed E-state index contributed by atoms with van der Waals surface area (Å²) in [5, 5.41) is 21.0. The topological polar surface area (TPSA) is 76.5 Å². The van der Waals surface area contributed by atoms with Crippen LogP contribution in [0.1, 0.15) is 28.6 Å². The normalized spacial score (nSPS) is 20.3. The van der Waals surface area contributed by atoms with Gasteiger partial charge in [-0.3, -0.25) is 5.01 Å². The van der Waals surface area contributed by atoms with E-state index in [4.69, 9.17) is 4.98 Å². The lowest BCUT2D eigenvalue weighted by Crippen LogP contribution is -2.29. The van der Waals surface area contributed by atoms with Gasteiger partial charge in [0.15, 0.2) is 0 Å². The fourth-order valence-corrected chi connectivity index (χ4v) is 4.63. The van der Waals surface area contributed by atoms with E-state index in [1.165, 1.54) is 16.7 Å². The van der Waals surface area contributed by atoms with E-state index in [0.29, 0.717) is 5.71 Å². The lowest BCUT2D eigenvalue weighted by molar-refractivity contribution is 0.134. The van der Waals surface area contributed by atoms with E-state index in [1.54, 1.807) is 5.01 Å². The van der Waals surface area contributed by atoms with Crippen LogP contribution in [0.2, 0.25) is 0 Å². The number of imidazole rings is 1. The van der Waals surface area contributed by atoms with Crippen molar-refractivity contribution in [2.45, 2.75) is 25.2 Å². The Morgan fingerprint density at radius 2 is 1.58 bits per heavy atom. The molecule has 2 aliphatic heterocycles. The number of aromatic nitrogens is 2. The van der Waals surface area contributed by atoms with Gasteiger partial charge in [0.2, 0.25) is 0 Å². The van der Waals surface area contributed by atoms with E-state index in [2.05, 4.69) is 51.8 Å². The van der Waals surface area contributed by atoms with Crippen molar-refractivity contribution < 1.29 is 5.11 Å². The van der Waals surface area contributed by atoms with Crippen LogP contribution in [0.15, 0.2) is 71.8 Å². The summed E-state index contributed by atoms with van der Waals surface area (Å²) in [4.78, 5) is 8.21. The minimum absolute atomic E-state index is 0.343. The molecule has 0 bridgehead atoms. The molecule has 0 saturated heterocycles. The lowest BCUT2D eigenvalue weighted by atomic mass is 9.98. The van der Waals surface area contributed by atoms with E-state index in [-0.39, 0.29) is 6.04 Å². The third-order valence-electron chi connectivity index (χ3n) is 6.27. The number of benzene rings is 3. The maximum atomic E-state index is 11.2. The Hall–Kier alpha value is -3.48. The van der Waals surface area contributed by atoms with Crippen molar-refractivity contribution in [2.75, 3.05) is 7.05 Å². The first-order chi connectivity index (χ1) is 15.2. The highest BCUT2D eigenvalue weighted by atomic mass is 16.3. The van der Waals surface area contributed by atoms with Gasteiger partial charge in [0.25, 0.3) is 0 Å². The van der Waals surface area contributed by atoms with Crippen LogP contribution in [0.3, 0.4) is 0 Å². The Balaban J connectivity index is 1.29. The summed E-state index contributed by atoms with van der Waals surface area (Å²) in [6.45, 7) is 1.77. The molecule has 0 saturated carbocycles. The highest BCUT2D eigenvalue weighted by molar-refractivity contribution is 6.05. The smallest absolute Gasteiger partial charge is 0.136 e. The molecule has 4 aromatic rings. The summed E-state index contributed by atoms with van der Waals surface area (Å²) in [5.41, 5.74) is 8.42. The van der Waals surface area contributed by atoms with Gasteiger partial charge in [-0.2, -0.15) is 5.10 Å². The fourth-order valence-electron chi connectivity index (χ4n) is 4.63. The third-order valence-corrected chi connectivity index (χ3v) is 6.27. The monoisotopic (exact) mass is 409 g/mol. The molecule has 3 heterocycles. The van der Waals surface area contributed by atoms with Gasteiger partial charge >= 0.3 is 0 Å². The quantitative estimate of drug-likeness (QED) is 0.483. The van der Waals surface area contributed by atoms with Gasteiger partial charge in [-0.05, 0) is 34.4 Å². The molecule has 2 aliphatic rings. The zero-order valence-corrected chi connectivity index (χ0v) is 17.2. The summed E-state index contributed by atoms with van der Waals surface area (Å²) < 4.78 is 0. The average Bonchev–Trinajstić information content (AvgIpc) is 3.49. The Morgan fingerprint density at radius 1 is 0.903 bits per heavy atom. The molecule has 3 N–H and O–H groups in total. The van der Waals surface area contributed by atoms with Crippen molar-refractivity contribution >= 4 is 16.7 Å². The first kappa shape index (κ1) is 18.3. The standard InChI is InChI=1S/C25H23N5O/c1-30-23(25-27-20-11-18-13-26-14-19(18)12-21(20)28-25)24(31)22(29-30)17-9-7-16(8-10-17)15-5-3-2-4-6-15/h2-12,23-24,26,31H,13-14H2,1H3,(H,27,28). The molecule has 0 spiro atoms. The number of hydrogen-bond donors (Lipinski definition) is 3. The second-order valence-electron chi connectivity index (χ2n) is 8.26. The SMILES string of the molecule is CN1N=C(c2ccc(-c3ccccc3)cc2)C(O)C1c1nc2cc3c(cc2[nH]1)CNC3. The van der Waals surface area contributed by atoms with Crippen LogP contribution in [0, 0.1) is 0 Å². The number of nitrogens with one attached hydrogen (secondary N) is 2. The molecule has 154 valence electrons. The van der Waals surface area contributed by atoms with E-state index < -0.39 is 6.10 Å². The van der Waals surface area contributed by atoms with Crippen molar-refractivity contribution in [2.24, 2.45) is 5.10 Å². The van der Waals surface area contributed by atoms with Crippen LogP contribution >= 0.6 is 0 Å². The summed E-state index contributed by atoms with van der Waals surface area (Å²) >= 11 is 0. The molecule has 0 amide bonds. The number of hydrazone groups is 1. The predicted molar refractivity (Wildman–Crippen MR) is 122 cm³/mol. The Kier molecular flexibility index (Phi) is 4.16. The van der Waals surface area contributed by atoms with E-state index in [0.717, 1.165) is 41.1 Å². The molecule has 31 heavy (non-hydrogen) atoms. The van der Waals surface area contributed by atoms with Gasteiger partial charge in [0, 0.05) is 25.7 Å². The van der Waals surface area contributed by atoms with Crippen molar-refractivity contribution in [3.63, 3.8) is 0 Å². The second kappa shape index (κ2) is 7.04. The third kappa shape index (κ3) is 3.03. The summed E-state index contributed by atoms with van der Waals surface area (Å²) in [6.07, 6.45) is -0.762. The maximum Gasteiger partial charge on any atom is 0.136 e. The number of nitrogens with zero attached hydrogens (tertiary/aromatic N) is 3. The van der Waals surface area contributed by atoms with Crippen LogP contribution in [0.5, 0.6) is 0 Å². The predicted octanol–water partition coefficient (Wildman–Crippen LogP) is 3.58. The van der Waals surface area contributed by atoms with E-state index >= 15 is 0 Å². The fraction of sp³-hybridized carbons (Fsp3) is 0.200. The number of likely N-dealkylation sites (N-methyl/N-ethyl adjacent to an activating group) is 1.